The van der Waals surface area contributed by atoms with Gasteiger partial charge in [0.05, 0.1) is 33.5 Å². The highest BCUT2D eigenvalue weighted by Crippen LogP contribution is 2.44. The topological polar surface area (TPSA) is 35.6 Å². The van der Waals surface area contributed by atoms with Gasteiger partial charge in [-0.15, -0.1) is 0 Å². The summed E-state index contributed by atoms with van der Waals surface area (Å²) < 4.78 is 4.78. The molecule has 0 saturated heterocycles. The zero-order chi connectivity index (χ0) is 29.0. The molecule has 0 saturated carbocycles. The lowest BCUT2D eigenvalue weighted by atomic mass is 10.0. The monoisotopic (exact) mass is 562 g/mol. The van der Waals surface area contributed by atoms with Crippen molar-refractivity contribution in [3.8, 4) is 33.9 Å². The van der Waals surface area contributed by atoms with Crippen LogP contribution in [0.3, 0.4) is 0 Å². The van der Waals surface area contributed by atoms with Crippen molar-refractivity contribution in [1.29, 1.82) is 0 Å². The van der Waals surface area contributed by atoms with Crippen molar-refractivity contribution >= 4 is 43.6 Å². The largest absolute Gasteiger partial charge is 0.309 e. The van der Waals surface area contributed by atoms with Crippen molar-refractivity contribution in [3.63, 3.8) is 0 Å². The molecule has 0 unspecified atom stereocenters. The SMILES string of the molecule is c1ccc(-n2c3ccc(-c4ccccn4)cc3c3c4c5cc(-c6ccccn6)ccc5n(-c5ccccc5)c4ccc32)cc1. The van der Waals surface area contributed by atoms with Crippen LogP contribution in [-0.2, 0) is 0 Å². The van der Waals surface area contributed by atoms with E-state index in [1.54, 1.807) is 0 Å². The van der Waals surface area contributed by atoms with Crippen LogP contribution in [0.2, 0.25) is 0 Å². The van der Waals surface area contributed by atoms with E-state index in [2.05, 4.69) is 140 Å². The Morgan fingerprint density at radius 1 is 0.364 bits per heavy atom. The fourth-order valence-corrected chi connectivity index (χ4v) is 6.72. The van der Waals surface area contributed by atoms with E-state index in [0.29, 0.717) is 0 Å². The van der Waals surface area contributed by atoms with Crippen molar-refractivity contribution < 1.29 is 0 Å². The van der Waals surface area contributed by atoms with Crippen LogP contribution in [0.15, 0.2) is 158 Å². The van der Waals surface area contributed by atoms with Gasteiger partial charge in [-0.05, 0) is 84.9 Å². The summed E-state index contributed by atoms with van der Waals surface area (Å²) in [6, 6.07) is 51.5. The van der Waals surface area contributed by atoms with Crippen LogP contribution in [0.1, 0.15) is 0 Å². The summed E-state index contributed by atoms with van der Waals surface area (Å²) in [6.07, 6.45) is 3.72. The predicted octanol–water partition coefficient (Wildman–Crippen LogP) is 10.0. The van der Waals surface area contributed by atoms with E-state index in [0.717, 1.165) is 33.9 Å². The maximum Gasteiger partial charge on any atom is 0.0702 e. The van der Waals surface area contributed by atoms with Crippen LogP contribution in [0, 0.1) is 0 Å². The first-order valence-electron chi connectivity index (χ1n) is 14.8. The van der Waals surface area contributed by atoms with Gasteiger partial charge in [0.15, 0.2) is 0 Å². The average molecular weight is 563 g/mol. The smallest absolute Gasteiger partial charge is 0.0702 e. The van der Waals surface area contributed by atoms with E-state index in [1.165, 1.54) is 43.6 Å². The van der Waals surface area contributed by atoms with Gasteiger partial charge in [0, 0.05) is 56.4 Å². The van der Waals surface area contributed by atoms with Gasteiger partial charge in [0.25, 0.3) is 0 Å². The quantitative estimate of drug-likeness (QED) is 0.214. The van der Waals surface area contributed by atoms with Crippen LogP contribution in [0.5, 0.6) is 0 Å². The number of benzene rings is 5. The number of para-hydroxylation sites is 2. The third-order valence-corrected chi connectivity index (χ3v) is 8.61. The van der Waals surface area contributed by atoms with Crippen LogP contribution in [0.4, 0.5) is 0 Å². The summed E-state index contributed by atoms with van der Waals surface area (Å²) in [7, 11) is 0. The average Bonchev–Trinajstić information content (AvgIpc) is 3.61. The second-order valence-electron chi connectivity index (χ2n) is 11.1. The molecule has 0 bridgehead atoms. The maximum atomic E-state index is 4.68. The molecule has 0 amide bonds. The first-order chi connectivity index (χ1) is 21.8. The number of rotatable bonds is 4. The molecule has 4 aromatic heterocycles. The van der Waals surface area contributed by atoms with Gasteiger partial charge in [-0.3, -0.25) is 9.97 Å². The highest BCUT2D eigenvalue weighted by atomic mass is 15.0. The van der Waals surface area contributed by atoms with E-state index >= 15 is 0 Å². The molecule has 4 heteroatoms. The van der Waals surface area contributed by atoms with Crippen molar-refractivity contribution in [2.75, 3.05) is 0 Å². The predicted molar refractivity (Wildman–Crippen MR) is 182 cm³/mol. The summed E-state index contributed by atoms with van der Waals surface area (Å²) in [6.45, 7) is 0. The molecule has 4 heterocycles. The molecule has 9 rings (SSSR count). The standard InChI is InChI=1S/C40H26N4/c1-3-11-29(12-4-1)43-35-19-17-27(33-15-7-9-23-41-33)25-31(35)39-37(43)21-22-38-40(39)32-26-28(34-16-8-10-24-42-34)18-20-36(32)44(38)30-13-5-2-6-14-30/h1-26H. The molecule has 0 atom stereocenters. The molecular formula is C40H26N4. The molecule has 0 N–H and O–H groups in total. The minimum atomic E-state index is 0.964. The van der Waals surface area contributed by atoms with Gasteiger partial charge in [-0.25, -0.2) is 0 Å². The second-order valence-corrected chi connectivity index (χ2v) is 11.1. The fourth-order valence-electron chi connectivity index (χ4n) is 6.72. The highest BCUT2D eigenvalue weighted by molar-refractivity contribution is 6.29. The minimum absolute atomic E-state index is 0.964. The first-order valence-corrected chi connectivity index (χ1v) is 14.8. The minimum Gasteiger partial charge on any atom is -0.309 e. The van der Waals surface area contributed by atoms with Crippen LogP contribution in [0.25, 0.3) is 77.5 Å². The summed E-state index contributed by atoms with van der Waals surface area (Å²) in [4.78, 5) is 9.37. The number of pyridine rings is 2. The molecule has 0 aliphatic rings. The third kappa shape index (κ3) is 3.71. The van der Waals surface area contributed by atoms with Gasteiger partial charge >= 0.3 is 0 Å². The Bertz CT molecular complexity index is 2280. The number of hydrogen-bond donors (Lipinski definition) is 0. The molecule has 0 aliphatic heterocycles. The zero-order valence-electron chi connectivity index (χ0n) is 23.8. The number of nitrogens with zero attached hydrogens (tertiary/aromatic N) is 4. The number of aromatic nitrogens is 4. The number of fused-ring (bicyclic) bond motifs is 7. The molecule has 0 aliphatic carbocycles. The Labute approximate surface area is 254 Å². The summed E-state index contributed by atoms with van der Waals surface area (Å²) in [5.41, 5.74) is 11.1. The molecule has 44 heavy (non-hydrogen) atoms. The molecule has 4 nitrogen and oxygen atoms in total. The number of hydrogen-bond acceptors (Lipinski definition) is 2. The van der Waals surface area contributed by atoms with Gasteiger partial charge in [-0.1, -0.05) is 60.7 Å². The lowest BCUT2D eigenvalue weighted by Crippen LogP contribution is -1.94. The Morgan fingerprint density at radius 2 is 0.773 bits per heavy atom. The summed E-state index contributed by atoms with van der Waals surface area (Å²) in [5, 5.41) is 4.87. The summed E-state index contributed by atoms with van der Waals surface area (Å²) in [5.74, 6) is 0. The second kappa shape index (κ2) is 9.79. The first kappa shape index (κ1) is 24.6. The molecule has 5 aromatic carbocycles. The zero-order valence-corrected chi connectivity index (χ0v) is 23.8. The highest BCUT2D eigenvalue weighted by Gasteiger charge is 2.21. The van der Waals surface area contributed by atoms with Gasteiger partial charge in [0.2, 0.25) is 0 Å². The van der Waals surface area contributed by atoms with Crippen LogP contribution >= 0.6 is 0 Å². The fraction of sp³-hybridized carbons (Fsp3) is 0. The van der Waals surface area contributed by atoms with E-state index in [9.17, 15) is 0 Å². The molecule has 0 spiro atoms. The van der Waals surface area contributed by atoms with E-state index in [4.69, 9.17) is 0 Å². The lowest BCUT2D eigenvalue weighted by molar-refractivity contribution is 1.17. The van der Waals surface area contributed by atoms with E-state index in [-0.39, 0.29) is 0 Å². The molecular weight excluding hydrogens is 536 g/mol. The Kier molecular flexibility index (Phi) is 5.47. The molecule has 206 valence electrons. The molecule has 0 fully saturated rings. The van der Waals surface area contributed by atoms with Crippen molar-refractivity contribution in [3.05, 3.63) is 158 Å². The van der Waals surface area contributed by atoms with Gasteiger partial charge in [0.1, 0.15) is 0 Å². The van der Waals surface area contributed by atoms with Crippen molar-refractivity contribution in [2.24, 2.45) is 0 Å². The van der Waals surface area contributed by atoms with Crippen LogP contribution < -0.4 is 0 Å². The Balaban J connectivity index is 1.48. The Morgan fingerprint density at radius 3 is 1.18 bits per heavy atom. The van der Waals surface area contributed by atoms with Gasteiger partial charge in [-0.2, -0.15) is 0 Å². The maximum absolute atomic E-state index is 4.68. The third-order valence-electron chi connectivity index (χ3n) is 8.61. The van der Waals surface area contributed by atoms with E-state index < -0.39 is 0 Å². The normalized spacial score (nSPS) is 11.6. The molecule has 0 radical (unpaired) electrons. The molecule has 9 aromatic rings. The van der Waals surface area contributed by atoms with Gasteiger partial charge < -0.3 is 9.13 Å². The summed E-state index contributed by atoms with van der Waals surface area (Å²) >= 11 is 0. The van der Waals surface area contributed by atoms with Crippen molar-refractivity contribution in [1.82, 2.24) is 19.1 Å². The van der Waals surface area contributed by atoms with Crippen molar-refractivity contribution in [2.45, 2.75) is 0 Å². The van der Waals surface area contributed by atoms with E-state index in [1.807, 2.05) is 36.7 Å². The lowest BCUT2D eigenvalue weighted by Gasteiger charge is -2.09. The Hall–Kier alpha value is -6.00. The van der Waals surface area contributed by atoms with Crippen LogP contribution in [-0.4, -0.2) is 19.1 Å².